The number of halogens is 5. The Labute approximate surface area is 206 Å². The zero-order chi connectivity index (χ0) is 26.3. The number of hydrogen-bond donors (Lipinski definition) is 2. The van der Waals surface area contributed by atoms with Gasteiger partial charge in [0, 0.05) is 13.1 Å². The summed E-state index contributed by atoms with van der Waals surface area (Å²) in [6.07, 6.45) is -3.67. The van der Waals surface area contributed by atoms with Crippen LogP contribution in [0, 0.1) is 6.92 Å². The van der Waals surface area contributed by atoms with Gasteiger partial charge in [-0.1, -0.05) is 54.1 Å². The number of hydrogen-bond acceptors (Lipinski definition) is 3. The molecule has 0 heterocycles. The van der Waals surface area contributed by atoms with Gasteiger partial charge in [0.05, 0.1) is 5.56 Å². The second-order valence-electron chi connectivity index (χ2n) is 8.36. The van der Waals surface area contributed by atoms with Crippen molar-refractivity contribution in [3.63, 3.8) is 0 Å². The van der Waals surface area contributed by atoms with Crippen LogP contribution in [0.4, 0.5) is 22.0 Å². The molecule has 0 aliphatic rings. The van der Waals surface area contributed by atoms with Gasteiger partial charge >= 0.3 is 12.8 Å². The molecule has 3 aromatic carbocycles. The van der Waals surface area contributed by atoms with Crippen LogP contribution in [0.3, 0.4) is 0 Å². The van der Waals surface area contributed by atoms with E-state index >= 15 is 0 Å². The minimum Gasteiger partial charge on any atom is -0.435 e. The summed E-state index contributed by atoms with van der Waals surface area (Å²) >= 11 is 0. The summed E-state index contributed by atoms with van der Waals surface area (Å²) in [6, 6.07) is 17.2. The SMILES string of the molecule is CNC(=O)C(NC(CCc1ccc(C(F)(F)F)cc1)c1cccc(OC(F)F)c1)c1ccc(C)cc1. The lowest BCUT2D eigenvalue weighted by Crippen LogP contribution is -2.38. The molecule has 0 aliphatic heterocycles. The van der Waals surface area contributed by atoms with Gasteiger partial charge in [0.1, 0.15) is 11.8 Å². The van der Waals surface area contributed by atoms with Gasteiger partial charge in [-0.3, -0.25) is 10.1 Å². The summed E-state index contributed by atoms with van der Waals surface area (Å²) < 4.78 is 68.8. The van der Waals surface area contributed by atoms with E-state index in [2.05, 4.69) is 15.4 Å². The molecule has 0 fully saturated rings. The van der Waals surface area contributed by atoms with Gasteiger partial charge in [0.2, 0.25) is 5.91 Å². The van der Waals surface area contributed by atoms with Gasteiger partial charge < -0.3 is 10.1 Å². The van der Waals surface area contributed by atoms with E-state index in [0.29, 0.717) is 29.5 Å². The van der Waals surface area contributed by atoms with Crippen molar-refractivity contribution in [1.82, 2.24) is 10.6 Å². The first-order chi connectivity index (χ1) is 17.1. The molecule has 2 atom stereocenters. The van der Waals surface area contributed by atoms with Crippen molar-refractivity contribution in [2.24, 2.45) is 0 Å². The van der Waals surface area contributed by atoms with Crippen molar-refractivity contribution in [3.05, 3.63) is 101 Å². The fourth-order valence-electron chi connectivity index (χ4n) is 3.85. The highest BCUT2D eigenvalue weighted by atomic mass is 19.4. The third-order valence-corrected chi connectivity index (χ3v) is 5.78. The minimum atomic E-state index is -4.43. The molecule has 2 N–H and O–H groups in total. The highest BCUT2D eigenvalue weighted by molar-refractivity contribution is 5.83. The molecule has 0 spiro atoms. The first-order valence-corrected chi connectivity index (χ1v) is 11.3. The Morgan fingerprint density at radius 2 is 1.61 bits per heavy atom. The van der Waals surface area contributed by atoms with Crippen LogP contribution in [0.25, 0.3) is 0 Å². The Hall–Kier alpha value is -3.46. The maximum Gasteiger partial charge on any atom is 0.416 e. The smallest absolute Gasteiger partial charge is 0.416 e. The number of ether oxygens (including phenoxy) is 1. The van der Waals surface area contributed by atoms with Gasteiger partial charge in [-0.15, -0.1) is 0 Å². The first kappa shape index (κ1) is 27.1. The number of aryl methyl sites for hydroxylation is 2. The van der Waals surface area contributed by atoms with Crippen LogP contribution < -0.4 is 15.4 Å². The van der Waals surface area contributed by atoms with Crippen LogP contribution in [0.1, 0.15) is 46.3 Å². The second-order valence-corrected chi connectivity index (χ2v) is 8.36. The number of benzene rings is 3. The largest absolute Gasteiger partial charge is 0.435 e. The molecule has 0 aliphatic carbocycles. The van der Waals surface area contributed by atoms with E-state index in [1.165, 1.54) is 31.3 Å². The lowest BCUT2D eigenvalue weighted by molar-refractivity contribution is -0.137. The monoisotopic (exact) mass is 506 g/mol. The highest BCUT2D eigenvalue weighted by Gasteiger charge is 2.30. The second kappa shape index (κ2) is 12.0. The van der Waals surface area contributed by atoms with Crippen molar-refractivity contribution >= 4 is 5.91 Å². The number of carbonyl (C=O) groups is 1. The van der Waals surface area contributed by atoms with Crippen LogP contribution in [-0.2, 0) is 17.4 Å². The van der Waals surface area contributed by atoms with E-state index < -0.39 is 30.4 Å². The average molecular weight is 507 g/mol. The van der Waals surface area contributed by atoms with Crippen LogP contribution in [0.2, 0.25) is 0 Å². The summed E-state index contributed by atoms with van der Waals surface area (Å²) in [6.45, 7) is -1.07. The van der Waals surface area contributed by atoms with E-state index in [1.54, 1.807) is 12.1 Å². The molecule has 2 unspecified atom stereocenters. The van der Waals surface area contributed by atoms with Crippen molar-refractivity contribution in [1.29, 1.82) is 0 Å². The number of rotatable bonds is 10. The van der Waals surface area contributed by atoms with Gasteiger partial charge in [-0.05, 0) is 60.7 Å². The Bertz CT molecular complexity index is 1130. The van der Waals surface area contributed by atoms with Crippen LogP contribution in [0.15, 0.2) is 72.8 Å². The maximum atomic E-state index is 12.9. The normalized spacial score (nSPS) is 13.3. The van der Waals surface area contributed by atoms with E-state index in [1.807, 2.05) is 31.2 Å². The highest BCUT2D eigenvalue weighted by Crippen LogP contribution is 2.31. The van der Waals surface area contributed by atoms with E-state index in [9.17, 15) is 26.7 Å². The van der Waals surface area contributed by atoms with Gasteiger partial charge in [-0.25, -0.2) is 0 Å². The Morgan fingerprint density at radius 1 is 0.944 bits per heavy atom. The fraction of sp³-hybridized carbons (Fsp3) is 0.296. The van der Waals surface area contributed by atoms with E-state index in [-0.39, 0.29) is 11.7 Å². The zero-order valence-corrected chi connectivity index (χ0v) is 19.8. The third kappa shape index (κ3) is 7.52. The molecule has 9 heteroatoms. The summed E-state index contributed by atoms with van der Waals surface area (Å²) in [5.41, 5.74) is 2.25. The molecule has 3 aromatic rings. The number of amides is 1. The minimum absolute atomic E-state index is 0.0318. The number of carbonyl (C=O) groups excluding carboxylic acids is 1. The Morgan fingerprint density at radius 3 is 2.19 bits per heavy atom. The topological polar surface area (TPSA) is 50.4 Å². The first-order valence-electron chi connectivity index (χ1n) is 11.3. The number of likely N-dealkylation sites (N-methyl/N-ethyl adjacent to an activating group) is 1. The Kier molecular flexibility index (Phi) is 9.03. The quantitative estimate of drug-likeness (QED) is 0.315. The fourth-order valence-corrected chi connectivity index (χ4v) is 3.85. The standard InChI is InChI=1S/C27H27F5N2O2/c1-17-6-11-19(12-7-17)24(25(35)33-2)34-23(20-4-3-5-22(16-20)36-26(28)29)15-10-18-8-13-21(14-9-18)27(30,31)32/h3-9,11-14,16,23-24,26,34H,10,15H2,1-2H3,(H,33,35). The molecule has 3 rings (SSSR count). The molecule has 0 radical (unpaired) electrons. The van der Waals surface area contributed by atoms with Crippen molar-refractivity contribution < 1.29 is 31.5 Å². The van der Waals surface area contributed by atoms with E-state index in [4.69, 9.17) is 0 Å². The predicted molar refractivity (Wildman–Crippen MR) is 127 cm³/mol. The molecule has 0 bridgehead atoms. The molecule has 0 saturated heterocycles. The van der Waals surface area contributed by atoms with Crippen LogP contribution in [0.5, 0.6) is 5.75 Å². The van der Waals surface area contributed by atoms with Crippen molar-refractivity contribution in [2.45, 2.75) is 44.6 Å². The lowest BCUT2D eigenvalue weighted by Gasteiger charge is -2.26. The maximum absolute atomic E-state index is 12.9. The van der Waals surface area contributed by atoms with Gasteiger partial charge in [0.15, 0.2) is 0 Å². The van der Waals surface area contributed by atoms with Gasteiger partial charge in [0.25, 0.3) is 0 Å². The molecule has 36 heavy (non-hydrogen) atoms. The molecule has 4 nitrogen and oxygen atoms in total. The number of nitrogens with one attached hydrogen (secondary N) is 2. The molecular weight excluding hydrogens is 479 g/mol. The van der Waals surface area contributed by atoms with Crippen molar-refractivity contribution in [3.8, 4) is 5.75 Å². The summed E-state index contributed by atoms with van der Waals surface area (Å²) in [5.74, 6) is -0.325. The Balaban J connectivity index is 1.90. The van der Waals surface area contributed by atoms with E-state index in [0.717, 1.165) is 17.7 Å². The number of alkyl halides is 5. The summed E-state index contributed by atoms with van der Waals surface area (Å²) in [4.78, 5) is 12.8. The molecule has 0 saturated carbocycles. The average Bonchev–Trinajstić information content (AvgIpc) is 2.84. The molecule has 192 valence electrons. The predicted octanol–water partition coefficient (Wildman–Crippen LogP) is 6.37. The lowest BCUT2D eigenvalue weighted by atomic mass is 9.95. The van der Waals surface area contributed by atoms with Crippen LogP contribution in [-0.4, -0.2) is 19.6 Å². The van der Waals surface area contributed by atoms with Gasteiger partial charge in [-0.2, -0.15) is 22.0 Å². The molecule has 0 aromatic heterocycles. The third-order valence-electron chi connectivity index (χ3n) is 5.78. The van der Waals surface area contributed by atoms with Crippen LogP contribution >= 0.6 is 0 Å². The summed E-state index contributed by atoms with van der Waals surface area (Å²) in [5, 5.41) is 5.94. The molecule has 1 amide bonds. The summed E-state index contributed by atoms with van der Waals surface area (Å²) in [7, 11) is 1.51. The van der Waals surface area contributed by atoms with Crippen molar-refractivity contribution in [2.75, 3.05) is 7.05 Å². The zero-order valence-electron chi connectivity index (χ0n) is 19.8. The molecular formula is C27H27F5N2O2.